The van der Waals surface area contributed by atoms with Gasteiger partial charge in [-0.3, -0.25) is 9.69 Å². The number of nitrogens with one attached hydrogen (secondary N) is 1. The van der Waals surface area contributed by atoms with Crippen LogP contribution in [0.4, 0.5) is 15.0 Å². The van der Waals surface area contributed by atoms with E-state index in [1.807, 2.05) is 0 Å². The second kappa shape index (κ2) is 8.10. The first kappa shape index (κ1) is 20.9. The van der Waals surface area contributed by atoms with Crippen LogP contribution in [0.25, 0.3) is 10.4 Å². The first-order valence-electron chi connectivity index (χ1n) is 8.16. The molecule has 0 unspecified atom stereocenters. The number of nitrogens with zero attached hydrogens (tertiary/aromatic N) is 5. The van der Waals surface area contributed by atoms with Gasteiger partial charge >= 0.3 is 6.09 Å². The number of azide groups is 1. The Balaban J connectivity index is 2.23. The second-order valence-corrected chi connectivity index (χ2v) is 8.02. The number of hydrogen-bond acceptors (Lipinski definition) is 5. The molecular weight excluding hydrogens is 423 g/mol. The summed E-state index contributed by atoms with van der Waals surface area (Å²) in [6.07, 6.45) is -1.13. The van der Waals surface area contributed by atoms with E-state index in [0.29, 0.717) is 4.60 Å². The van der Waals surface area contributed by atoms with Gasteiger partial charge in [-0.25, -0.2) is 14.2 Å². The van der Waals surface area contributed by atoms with E-state index in [1.165, 1.54) is 0 Å². The molecule has 0 spiro atoms. The zero-order valence-electron chi connectivity index (χ0n) is 15.1. The largest absolute Gasteiger partial charge is 0.444 e. The van der Waals surface area contributed by atoms with Crippen molar-refractivity contribution >= 4 is 33.7 Å². The molecular formula is C16H20BrFN6O3. The van der Waals surface area contributed by atoms with E-state index >= 15 is 4.39 Å². The van der Waals surface area contributed by atoms with Crippen molar-refractivity contribution in [2.45, 2.75) is 44.5 Å². The lowest BCUT2D eigenvalue weighted by molar-refractivity contribution is -0.120. The van der Waals surface area contributed by atoms with Crippen LogP contribution >= 0.6 is 15.9 Å². The number of halogens is 2. The molecule has 2 atom stereocenters. The number of aromatic nitrogens is 1. The van der Waals surface area contributed by atoms with E-state index in [9.17, 15) is 9.59 Å². The minimum absolute atomic E-state index is 0.255. The fraction of sp³-hybridized carbons (Fsp3) is 0.562. The van der Waals surface area contributed by atoms with Gasteiger partial charge in [-0.2, -0.15) is 0 Å². The molecule has 27 heavy (non-hydrogen) atoms. The lowest BCUT2D eigenvalue weighted by Crippen LogP contribution is -2.45. The number of likely N-dealkylation sites (tertiary alicyclic amines) is 1. The predicted molar refractivity (Wildman–Crippen MR) is 99.8 cm³/mol. The predicted octanol–water partition coefficient (Wildman–Crippen LogP) is 3.81. The maximum absolute atomic E-state index is 15.0. The highest BCUT2D eigenvalue weighted by Crippen LogP contribution is 2.33. The van der Waals surface area contributed by atoms with Crippen molar-refractivity contribution in [2.75, 3.05) is 18.4 Å². The summed E-state index contributed by atoms with van der Waals surface area (Å²) in [7, 11) is 0. The molecule has 1 saturated heterocycles. The van der Waals surface area contributed by atoms with Gasteiger partial charge in [-0.05, 0) is 54.4 Å². The smallest absolute Gasteiger partial charge is 0.411 e. The first-order valence-corrected chi connectivity index (χ1v) is 8.95. The quantitative estimate of drug-likeness (QED) is 0.329. The highest BCUT2D eigenvalue weighted by Gasteiger charge is 2.50. The lowest BCUT2D eigenvalue weighted by atomic mass is 10.0. The lowest BCUT2D eigenvalue weighted by Gasteiger charge is -2.28. The van der Waals surface area contributed by atoms with Crippen molar-refractivity contribution < 1.29 is 18.7 Å². The molecule has 0 aromatic carbocycles. The van der Waals surface area contributed by atoms with Crippen LogP contribution in [-0.4, -0.2) is 52.3 Å². The number of pyridine rings is 1. The molecule has 0 bridgehead atoms. The highest BCUT2D eigenvalue weighted by molar-refractivity contribution is 9.10. The molecule has 1 aromatic heterocycles. The van der Waals surface area contributed by atoms with Crippen LogP contribution in [-0.2, 0) is 9.53 Å². The Bertz CT molecular complexity index is 780. The van der Waals surface area contributed by atoms with Crippen molar-refractivity contribution in [2.24, 2.45) is 5.11 Å². The Kier molecular flexibility index (Phi) is 6.27. The maximum atomic E-state index is 15.0. The number of ether oxygens (including phenoxy) is 1. The average molecular weight is 443 g/mol. The van der Waals surface area contributed by atoms with Crippen LogP contribution in [0.2, 0.25) is 0 Å². The van der Waals surface area contributed by atoms with E-state index in [2.05, 4.69) is 36.3 Å². The summed E-state index contributed by atoms with van der Waals surface area (Å²) in [6.45, 7) is 4.12. The number of alkyl halides is 1. The average Bonchev–Trinajstić information content (AvgIpc) is 2.90. The number of anilines is 1. The van der Waals surface area contributed by atoms with E-state index in [0.717, 1.165) is 4.90 Å². The third kappa shape index (κ3) is 5.80. The normalized spacial score (nSPS) is 22.1. The van der Waals surface area contributed by atoms with Crippen molar-refractivity contribution in [3.05, 3.63) is 33.2 Å². The molecule has 2 rings (SSSR count). The van der Waals surface area contributed by atoms with Crippen LogP contribution in [0.3, 0.4) is 0 Å². The first-order chi connectivity index (χ1) is 12.5. The molecule has 2 heterocycles. The summed E-state index contributed by atoms with van der Waals surface area (Å²) >= 11 is 3.20. The fourth-order valence-electron chi connectivity index (χ4n) is 2.64. The van der Waals surface area contributed by atoms with Gasteiger partial charge in [0, 0.05) is 11.3 Å². The molecule has 2 amide bonds. The van der Waals surface area contributed by atoms with Gasteiger partial charge in [-0.15, -0.1) is 0 Å². The summed E-state index contributed by atoms with van der Waals surface area (Å²) in [5.41, 5.74) is 5.63. The Morgan fingerprint density at radius 1 is 1.56 bits per heavy atom. The molecule has 1 aromatic rings. The molecule has 0 saturated carbocycles. The van der Waals surface area contributed by atoms with Crippen molar-refractivity contribution in [1.29, 1.82) is 0 Å². The number of carbonyl (C=O) groups is 2. The van der Waals surface area contributed by atoms with E-state index in [-0.39, 0.29) is 12.2 Å². The minimum atomic E-state index is -2.02. The Hall–Kier alpha value is -2.39. The summed E-state index contributed by atoms with van der Waals surface area (Å²) in [5, 5.41) is 5.83. The van der Waals surface area contributed by atoms with Gasteiger partial charge in [0.25, 0.3) is 0 Å². The molecule has 1 fully saturated rings. The van der Waals surface area contributed by atoms with E-state index in [4.69, 9.17) is 10.3 Å². The molecule has 1 N–H and O–H groups in total. The fourth-order valence-corrected chi connectivity index (χ4v) is 2.99. The molecule has 9 nitrogen and oxygen atoms in total. The molecule has 0 aliphatic carbocycles. The number of hydrogen-bond donors (Lipinski definition) is 1. The second-order valence-electron chi connectivity index (χ2n) is 7.20. The van der Waals surface area contributed by atoms with E-state index < -0.39 is 42.4 Å². The van der Waals surface area contributed by atoms with Gasteiger partial charge in [0.05, 0.1) is 13.1 Å². The molecule has 146 valence electrons. The molecule has 1 aliphatic heterocycles. The van der Waals surface area contributed by atoms with Crippen LogP contribution in [0.15, 0.2) is 27.9 Å². The Morgan fingerprint density at radius 2 is 2.26 bits per heavy atom. The number of carbonyl (C=O) groups excluding carboxylic acids is 2. The monoisotopic (exact) mass is 442 g/mol. The van der Waals surface area contributed by atoms with Crippen LogP contribution in [0, 0.1) is 0 Å². The Labute approximate surface area is 164 Å². The maximum Gasteiger partial charge on any atom is 0.411 e. The highest BCUT2D eigenvalue weighted by atomic mass is 79.9. The van der Waals surface area contributed by atoms with Crippen molar-refractivity contribution in [3.63, 3.8) is 0 Å². The van der Waals surface area contributed by atoms with E-state index in [1.54, 1.807) is 39.0 Å². The van der Waals surface area contributed by atoms with Gasteiger partial charge in [0.15, 0.2) is 0 Å². The van der Waals surface area contributed by atoms with Crippen molar-refractivity contribution in [3.8, 4) is 0 Å². The zero-order valence-corrected chi connectivity index (χ0v) is 16.7. The number of rotatable bonds is 4. The van der Waals surface area contributed by atoms with Crippen LogP contribution in [0.5, 0.6) is 0 Å². The summed E-state index contributed by atoms with van der Waals surface area (Å²) < 4.78 is 20.8. The Morgan fingerprint density at radius 3 is 2.85 bits per heavy atom. The zero-order chi connectivity index (χ0) is 20.2. The summed E-state index contributed by atoms with van der Waals surface area (Å²) in [5.74, 6) is -0.350. The van der Waals surface area contributed by atoms with Gasteiger partial charge in [0.2, 0.25) is 5.91 Å². The molecule has 11 heteroatoms. The standard InChI is InChI=1S/C16H20BrFN6O3/c1-15(2,3)27-14(26)24-9-16(18,8-20-23-19)7-10(24)13(25)22-12-6-4-5-11(17)21-12/h4-6,10H,7-9H2,1-3H3,(H,21,22,25)/t10-,16-/m0/s1. The van der Waals surface area contributed by atoms with Crippen LogP contribution in [0.1, 0.15) is 27.2 Å². The van der Waals surface area contributed by atoms with Gasteiger partial charge < -0.3 is 10.1 Å². The SMILES string of the molecule is CC(C)(C)OC(=O)N1C[C@@](F)(CN=[N+]=[N-])C[C@H]1C(=O)Nc1cccc(Br)n1. The third-order valence-electron chi connectivity index (χ3n) is 3.70. The van der Waals surface area contributed by atoms with Crippen molar-refractivity contribution in [1.82, 2.24) is 9.88 Å². The minimum Gasteiger partial charge on any atom is -0.444 e. The summed E-state index contributed by atoms with van der Waals surface area (Å²) in [4.78, 5) is 32.8. The molecule has 1 aliphatic rings. The van der Waals surface area contributed by atoms with Gasteiger partial charge in [0.1, 0.15) is 27.7 Å². The van der Waals surface area contributed by atoms with Gasteiger partial charge in [-0.1, -0.05) is 11.2 Å². The topological polar surface area (TPSA) is 120 Å². The van der Waals surface area contributed by atoms with Crippen LogP contribution < -0.4 is 5.32 Å². The third-order valence-corrected chi connectivity index (χ3v) is 4.15. The summed E-state index contributed by atoms with van der Waals surface area (Å²) in [6, 6.07) is 3.80. The number of amides is 2. The molecule has 0 radical (unpaired) electrons.